The Hall–Kier alpha value is -3.38. The van der Waals surface area contributed by atoms with Gasteiger partial charge in [0, 0.05) is 23.3 Å². The minimum absolute atomic E-state index is 0.0653. The van der Waals surface area contributed by atoms with Crippen molar-refractivity contribution in [2.24, 2.45) is 0 Å². The maximum atomic E-state index is 13.5. The number of hydrogen-bond donors (Lipinski definition) is 1. The zero-order valence-electron chi connectivity index (χ0n) is 17.3. The molecule has 0 atom stereocenters. The van der Waals surface area contributed by atoms with Crippen LogP contribution in [0.3, 0.4) is 0 Å². The molecule has 31 heavy (non-hydrogen) atoms. The SMILES string of the molecule is CCCCCOc1cc(S(=O)(=O)n2c(C)c(CC(=O)O)c3cccnc32)ccc1C#N. The van der Waals surface area contributed by atoms with E-state index in [4.69, 9.17) is 4.74 Å². The largest absolute Gasteiger partial charge is 0.492 e. The molecule has 1 N–H and O–H groups in total. The van der Waals surface area contributed by atoms with Crippen LogP contribution in [0.5, 0.6) is 5.75 Å². The second-order valence-electron chi connectivity index (χ2n) is 7.10. The van der Waals surface area contributed by atoms with E-state index in [2.05, 4.69) is 11.9 Å². The van der Waals surface area contributed by atoms with Gasteiger partial charge < -0.3 is 9.84 Å². The second kappa shape index (κ2) is 9.18. The summed E-state index contributed by atoms with van der Waals surface area (Å²) in [6.45, 7) is 4.00. The first kappa shape index (κ1) is 22.3. The van der Waals surface area contributed by atoms with Crippen LogP contribution in [0.15, 0.2) is 41.4 Å². The van der Waals surface area contributed by atoms with E-state index < -0.39 is 16.0 Å². The van der Waals surface area contributed by atoms with Crippen LogP contribution in [0.4, 0.5) is 0 Å². The van der Waals surface area contributed by atoms with E-state index in [0.29, 0.717) is 17.6 Å². The first-order chi connectivity index (χ1) is 14.8. The fraction of sp³-hybridized carbons (Fsp3) is 0.318. The molecule has 162 valence electrons. The molecule has 0 amide bonds. The van der Waals surface area contributed by atoms with Gasteiger partial charge in [0.1, 0.15) is 11.8 Å². The third-order valence-corrected chi connectivity index (χ3v) is 6.77. The van der Waals surface area contributed by atoms with Crippen molar-refractivity contribution in [3.63, 3.8) is 0 Å². The van der Waals surface area contributed by atoms with Crippen LogP contribution in [-0.2, 0) is 21.2 Å². The van der Waals surface area contributed by atoms with Gasteiger partial charge in [-0.2, -0.15) is 5.26 Å². The molecule has 0 saturated carbocycles. The molecular weight excluding hydrogens is 418 g/mol. The first-order valence-electron chi connectivity index (χ1n) is 9.90. The Balaban J connectivity index is 2.12. The molecule has 0 spiro atoms. The zero-order valence-corrected chi connectivity index (χ0v) is 18.1. The third-order valence-electron chi connectivity index (χ3n) is 4.99. The highest BCUT2D eigenvalue weighted by Crippen LogP contribution is 2.31. The molecule has 3 rings (SSSR count). The number of hydrogen-bond acceptors (Lipinski definition) is 6. The Morgan fingerprint density at radius 1 is 1.29 bits per heavy atom. The predicted octanol–water partition coefficient (Wildman–Crippen LogP) is 3.65. The molecule has 0 unspecified atom stereocenters. The Bertz CT molecular complexity index is 1270. The Morgan fingerprint density at radius 2 is 2.06 bits per heavy atom. The number of nitrogens with zero attached hydrogens (tertiary/aromatic N) is 3. The monoisotopic (exact) mass is 441 g/mol. The smallest absolute Gasteiger partial charge is 0.307 e. The van der Waals surface area contributed by atoms with Crippen LogP contribution in [0.25, 0.3) is 11.0 Å². The van der Waals surface area contributed by atoms with Gasteiger partial charge in [-0.1, -0.05) is 19.8 Å². The number of fused-ring (bicyclic) bond motifs is 1. The van der Waals surface area contributed by atoms with Gasteiger partial charge in [0.25, 0.3) is 10.0 Å². The number of rotatable bonds is 9. The van der Waals surface area contributed by atoms with E-state index in [-0.39, 0.29) is 34.0 Å². The summed E-state index contributed by atoms with van der Waals surface area (Å²) in [5, 5.41) is 19.1. The van der Waals surface area contributed by atoms with E-state index in [0.717, 1.165) is 23.2 Å². The summed E-state index contributed by atoms with van der Waals surface area (Å²) in [6.07, 6.45) is 3.90. The van der Waals surface area contributed by atoms with Crippen LogP contribution in [0.2, 0.25) is 0 Å². The summed E-state index contributed by atoms with van der Waals surface area (Å²) >= 11 is 0. The third kappa shape index (κ3) is 4.39. The van der Waals surface area contributed by atoms with Crippen molar-refractivity contribution < 1.29 is 23.1 Å². The highest BCUT2D eigenvalue weighted by molar-refractivity contribution is 7.90. The quantitative estimate of drug-likeness (QED) is 0.503. The number of nitriles is 1. The van der Waals surface area contributed by atoms with Crippen molar-refractivity contribution in [3.05, 3.63) is 53.3 Å². The standard InChI is InChI=1S/C22H23N3O5S/c1-3-4-5-11-30-20-12-17(9-8-16(20)14-23)31(28,29)25-15(2)19(13-21(26)27)18-7-6-10-24-22(18)25/h6-10,12H,3-5,11,13H2,1-2H3,(H,26,27). The van der Waals surface area contributed by atoms with E-state index >= 15 is 0 Å². The number of carbonyl (C=O) groups is 1. The molecule has 0 saturated heterocycles. The minimum atomic E-state index is -4.12. The Labute approximate surface area is 180 Å². The molecule has 0 radical (unpaired) electrons. The average molecular weight is 442 g/mol. The molecule has 0 bridgehead atoms. The van der Waals surface area contributed by atoms with E-state index in [1.54, 1.807) is 19.1 Å². The Morgan fingerprint density at radius 3 is 2.74 bits per heavy atom. The number of ether oxygens (including phenoxy) is 1. The summed E-state index contributed by atoms with van der Waals surface area (Å²) in [6, 6.07) is 9.40. The number of unbranched alkanes of at least 4 members (excludes halogenated alkanes) is 2. The number of carboxylic acids is 1. The van der Waals surface area contributed by atoms with Gasteiger partial charge in [0.2, 0.25) is 0 Å². The Kier molecular flexibility index (Phi) is 6.61. The van der Waals surface area contributed by atoms with E-state index in [9.17, 15) is 23.6 Å². The number of aliphatic carboxylic acids is 1. The molecular formula is C22H23N3O5S. The number of aromatic nitrogens is 2. The summed E-state index contributed by atoms with van der Waals surface area (Å²) in [5.41, 5.74) is 1.08. The minimum Gasteiger partial charge on any atom is -0.492 e. The van der Waals surface area contributed by atoms with Crippen LogP contribution < -0.4 is 4.74 Å². The van der Waals surface area contributed by atoms with Gasteiger partial charge in [0.15, 0.2) is 5.65 Å². The maximum Gasteiger partial charge on any atom is 0.307 e. The van der Waals surface area contributed by atoms with Crippen molar-refractivity contribution in [3.8, 4) is 11.8 Å². The van der Waals surface area contributed by atoms with Crippen LogP contribution in [0.1, 0.15) is 43.0 Å². The fourth-order valence-corrected chi connectivity index (χ4v) is 5.00. The summed E-state index contributed by atoms with van der Waals surface area (Å²) < 4.78 is 33.8. The van der Waals surface area contributed by atoms with Crippen LogP contribution in [0, 0.1) is 18.3 Å². The summed E-state index contributed by atoms with van der Waals surface area (Å²) in [5.74, 6) is -0.864. The average Bonchev–Trinajstić information content (AvgIpc) is 3.02. The zero-order chi connectivity index (χ0) is 22.6. The normalized spacial score (nSPS) is 11.4. The topological polar surface area (TPSA) is 122 Å². The van der Waals surface area contributed by atoms with Crippen LogP contribution >= 0.6 is 0 Å². The van der Waals surface area contributed by atoms with Gasteiger partial charge >= 0.3 is 5.97 Å². The van der Waals surface area contributed by atoms with Gasteiger partial charge in [-0.3, -0.25) is 4.79 Å². The molecule has 0 fully saturated rings. The molecule has 1 aromatic carbocycles. The highest BCUT2D eigenvalue weighted by atomic mass is 32.2. The van der Waals surface area contributed by atoms with Crippen molar-refractivity contribution in [1.82, 2.24) is 8.96 Å². The lowest BCUT2D eigenvalue weighted by Crippen LogP contribution is -2.16. The molecule has 0 aliphatic heterocycles. The van der Waals surface area contributed by atoms with Crippen molar-refractivity contribution in [2.75, 3.05) is 6.61 Å². The lowest BCUT2D eigenvalue weighted by atomic mass is 10.1. The van der Waals surface area contributed by atoms with Gasteiger partial charge in [0.05, 0.1) is 23.5 Å². The molecule has 0 aliphatic rings. The number of benzene rings is 1. The lowest BCUT2D eigenvalue weighted by Gasteiger charge is -2.13. The maximum absolute atomic E-state index is 13.5. The van der Waals surface area contributed by atoms with Crippen LogP contribution in [-0.4, -0.2) is 35.1 Å². The number of carboxylic acid groups (broad SMARTS) is 1. The lowest BCUT2D eigenvalue weighted by molar-refractivity contribution is -0.136. The van der Waals surface area contributed by atoms with Gasteiger partial charge in [-0.15, -0.1) is 0 Å². The second-order valence-corrected chi connectivity index (χ2v) is 8.89. The van der Waals surface area contributed by atoms with Crippen molar-refractivity contribution in [1.29, 1.82) is 5.26 Å². The fourth-order valence-electron chi connectivity index (χ4n) is 3.45. The molecule has 2 heterocycles. The molecule has 2 aromatic heterocycles. The summed E-state index contributed by atoms with van der Waals surface area (Å²) in [4.78, 5) is 15.5. The summed E-state index contributed by atoms with van der Waals surface area (Å²) in [7, 11) is -4.12. The highest BCUT2D eigenvalue weighted by Gasteiger charge is 2.27. The molecule has 3 aromatic rings. The van der Waals surface area contributed by atoms with Gasteiger partial charge in [-0.05, 0) is 43.2 Å². The van der Waals surface area contributed by atoms with Gasteiger partial charge in [-0.25, -0.2) is 17.4 Å². The van der Waals surface area contributed by atoms with Crippen molar-refractivity contribution >= 4 is 27.0 Å². The predicted molar refractivity (Wildman–Crippen MR) is 115 cm³/mol. The van der Waals surface area contributed by atoms with Crippen molar-refractivity contribution in [2.45, 2.75) is 44.4 Å². The number of pyridine rings is 1. The van der Waals surface area contributed by atoms with E-state index in [1.807, 2.05) is 6.07 Å². The first-order valence-corrected chi connectivity index (χ1v) is 11.3. The molecule has 9 heteroatoms. The molecule has 0 aliphatic carbocycles. The molecule has 8 nitrogen and oxygen atoms in total. The van der Waals surface area contributed by atoms with E-state index in [1.165, 1.54) is 24.4 Å².